The van der Waals surface area contributed by atoms with Crippen molar-refractivity contribution < 1.29 is 158 Å². The number of benzene rings is 2. The molecule has 22 saturated heterocycles. The number of ether oxygens (including phenoxy) is 14. The Bertz CT molecular complexity index is 2880. The third-order valence-electron chi connectivity index (χ3n) is 16.8. The van der Waals surface area contributed by atoms with Crippen LogP contribution in [0.4, 0.5) is 11.6 Å². The summed E-state index contributed by atoms with van der Waals surface area (Å²) in [6, 6.07) is 11.4. The number of aliphatic hydroxyl groups is 17. The van der Waals surface area contributed by atoms with Crippen molar-refractivity contribution in [3.05, 3.63) is 65.2 Å². The molecule has 25 rings (SSSR count). The normalized spacial score (nSPS) is 42.5. The maximum Gasteiger partial charge on any atom is 0.324 e. The zero-order valence-electron chi connectivity index (χ0n) is 49.4. The number of hydrogen-bond donors (Lipinski definition) is 19. The smallest absolute Gasteiger partial charge is 0.324 e. The molecule has 3 aromatic rings. The molecule has 0 unspecified atom stereocenters. The highest BCUT2D eigenvalue weighted by Crippen LogP contribution is 2.39. The van der Waals surface area contributed by atoms with Gasteiger partial charge in [0.1, 0.15) is 140 Å². The minimum atomic E-state index is -2.24. The molecule has 1 amide bonds. The van der Waals surface area contributed by atoms with Crippen LogP contribution in [0.1, 0.15) is 21.5 Å². The number of rotatable bonds is 14. The molecule has 23 heterocycles. The molecule has 19 N–H and O–H groups in total. The molecule has 22 fully saturated rings. The minimum absolute atomic E-state index is 0.0264. The summed E-state index contributed by atoms with van der Waals surface area (Å²) in [7, 11) is 2.79. The highest BCUT2D eigenvalue weighted by atomic mass is 16.8. The number of nitrogens with one attached hydrogen (secondary N) is 2. The fourth-order valence-electron chi connectivity index (χ4n) is 11.7. The van der Waals surface area contributed by atoms with E-state index in [1.165, 1.54) is 26.4 Å². The van der Waals surface area contributed by atoms with Crippen LogP contribution >= 0.6 is 0 Å². The zero-order chi connectivity index (χ0) is 66.7. The van der Waals surface area contributed by atoms with Crippen molar-refractivity contribution >= 4 is 29.7 Å². The predicted octanol–water partition coefficient (Wildman–Crippen LogP) is -9.50. The number of methoxy groups -OCH3 is 2. The monoisotopic (exact) mass is 1330 g/mol. The Morgan fingerprint density at radius 1 is 0.387 bits per heavy atom. The third-order valence-corrected chi connectivity index (χ3v) is 16.8. The van der Waals surface area contributed by atoms with Crippen molar-refractivity contribution in [1.29, 1.82) is 0 Å². The molecule has 12 bridgehead atoms. The van der Waals surface area contributed by atoms with Crippen LogP contribution in [0.3, 0.4) is 0 Å². The van der Waals surface area contributed by atoms with E-state index in [4.69, 9.17) is 66.3 Å². The van der Waals surface area contributed by atoms with Crippen molar-refractivity contribution in [3.8, 4) is 12.0 Å². The van der Waals surface area contributed by atoms with E-state index in [9.17, 15) is 91.6 Å². The van der Waals surface area contributed by atoms with Gasteiger partial charge in [0, 0.05) is 11.3 Å². The second-order valence-electron chi connectivity index (χ2n) is 22.7. The fraction of sp³-hybridized carbons (Fsp3) is 0.679. The standard InChI is InChI=1S/C56H77N5O32/c1-80-55-59-54(60-56(61-55)81-2)57-22-11-7-20(8-12-22)4-3-19-5-9-21(10-6-19)47(79)58-29-30(68)48-82-23(13-62)41(29)88-49-36(74)31(69)43(25(15-64)83-49)90-51-38(76)33(71)45(27(17-66)85-51)92-53-40(78)35(73)46(28(18-67)87-53)93-52-39(77)34(72)44(26(16-65)86-52)91-50-37(75)32(70)42(89-48)24(14-63)84-50/h3-12,23-46,48-53,62-78H,13-18H2,1-2H3,(H,58,79)(H,57,59,60,61)/b4-3+/t23-,24-,25-,26-,27-,28-,29-,30-,31-,32-,33-,34-,35-,36-,37-,38-,39-,40-,41-,42-,43-,44-,45-,46-,48-,49-,50-,51-,52-,53-/m1/s1. The van der Waals surface area contributed by atoms with Crippen LogP contribution in [0, 0.1) is 0 Å². The molecule has 0 saturated carbocycles. The van der Waals surface area contributed by atoms with E-state index in [0.717, 1.165) is 5.56 Å². The summed E-state index contributed by atoms with van der Waals surface area (Å²) in [4.78, 5) is 26.7. The molecule has 0 radical (unpaired) electrons. The molecule has 22 aliphatic heterocycles. The zero-order valence-corrected chi connectivity index (χ0v) is 49.4. The lowest BCUT2D eigenvalue weighted by Gasteiger charge is -2.51. The van der Waals surface area contributed by atoms with Crippen LogP contribution in [-0.4, -0.2) is 346 Å². The lowest BCUT2D eigenvalue weighted by atomic mass is 9.93. The van der Waals surface area contributed by atoms with Gasteiger partial charge in [0.25, 0.3) is 5.91 Å². The van der Waals surface area contributed by atoms with E-state index in [-0.39, 0.29) is 23.5 Å². The van der Waals surface area contributed by atoms with E-state index < -0.39 is 230 Å². The maximum atomic E-state index is 14.4. The largest absolute Gasteiger partial charge is 0.467 e. The number of carbonyl (C=O) groups is 1. The van der Waals surface area contributed by atoms with E-state index in [1.54, 1.807) is 48.6 Å². The van der Waals surface area contributed by atoms with Gasteiger partial charge in [-0.2, -0.15) is 9.97 Å². The Hall–Kier alpha value is -5.10. The quantitative estimate of drug-likeness (QED) is 0.0667. The molecule has 0 aliphatic carbocycles. The Balaban J connectivity index is 0.924. The van der Waals surface area contributed by atoms with Gasteiger partial charge in [-0.1, -0.05) is 36.4 Å². The summed E-state index contributed by atoms with van der Waals surface area (Å²) in [5.74, 6) is -0.738. The first-order valence-electron chi connectivity index (χ1n) is 29.5. The van der Waals surface area contributed by atoms with Crippen molar-refractivity contribution in [2.45, 2.75) is 184 Å². The lowest BCUT2D eigenvalue weighted by Crippen LogP contribution is -2.70. The molecule has 37 heteroatoms. The molecule has 93 heavy (non-hydrogen) atoms. The highest BCUT2D eigenvalue weighted by Gasteiger charge is 2.59. The number of anilines is 2. The molecule has 1 aromatic heterocycles. The fourth-order valence-corrected chi connectivity index (χ4v) is 11.7. The second-order valence-corrected chi connectivity index (χ2v) is 22.7. The van der Waals surface area contributed by atoms with Gasteiger partial charge >= 0.3 is 12.0 Å². The Morgan fingerprint density at radius 3 is 0.968 bits per heavy atom. The Kier molecular flexibility index (Phi) is 23.5. The molecule has 518 valence electrons. The average molecular weight is 1330 g/mol. The van der Waals surface area contributed by atoms with Crippen LogP contribution in [0.5, 0.6) is 12.0 Å². The van der Waals surface area contributed by atoms with Gasteiger partial charge in [-0.3, -0.25) is 4.79 Å². The van der Waals surface area contributed by atoms with E-state index in [1.807, 2.05) is 0 Å². The molecule has 30 atom stereocenters. The van der Waals surface area contributed by atoms with Gasteiger partial charge in [-0.05, 0) is 35.4 Å². The molecule has 37 nitrogen and oxygen atoms in total. The van der Waals surface area contributed by atoms with Crippen LogP contribution in [0.2, 0.25) is 0 Å². The van der Waals surface area contributed by atoms with E-state index >= 15 is 0 Å². The minimum Gasteiger partial charge on any atom is -0.467 e. The SMILES string of the molecule is COc1nc(Nc2ccc(/C=C/c3ccc(C(=O)N[C@@H]4[C@@H](O)[C@H]5O[C@H]6[C@H](O)[C@@H](O)[C@@H](O[C@H]7[C@H](O)[C@@H](O)[C@@H](O[C@H]8[C@H](O)[C@@H](O)[C@@H](O[C@H]9[C@H](O)[C@@H](O)[C@@H](O[C@H]%10[C@H](O)[C@@H](O)[C@@H](O[C@@H]4[C@@H](CO)O5)O[C@@H]%10CO)O[C@@H]9CO)O[C@@H]8CO)O[C@@H]7CO)O[C@@H]6CO)cc3)cc2)nc(OC)n1. The first kappa shape index (κ1) is 70.7. The number of aromatic nitrogens is 3. The summed E-state index contributed by atoms with van der Waals surface area (Å²) < 4.78 is 80.5. The molecular formula is C56H77N5O32. The summed E-state index contributed by atoms with van der Waals surface area (Å²) in [5.41, 5.74) is 1.97. The van der Waals surface area contributed by atoms with Crippen LogP contribution in [0.15, 0.2) is 48.5 Å². The summed E-state index contributed by atoms with van der Waals surface area (Å²) in [6.45, 7) is -6.25. The first-order chi connectivity index (χ1) is 44.6. The van der Waals surface area contributed by atoms with Crippen molar-refractivity contribution in [2.24, 2.45) is 0 Å². The van der Waals surface area contributed by atoms with Gasteiger partial charge in [0.05, 0.1) is 59.9 Å². The van der Waals surface area contributed by atoms with Crippen molar-refractivity contribution in [3.63, 3.8) is 0 Å². The summed E-state index contributed by atoms with van der Waals surface area (Å²) in [6.07, 6.45) is -54.5. The molecular weight excluding hydrogens is 1250 g/mol. The predicted molar refractivity (Wildman–Crippen MR) is 299 cm³/mol. The average Bonchev–Trinajstić information content (AvgIpc) is 0.817. The van der Waals surface area contributed by atoms with Crippen molar-refractivity contribution in [1.82, 2.24) is 20.3 Å². The topological polar surface area (TPSA) is 553 Å². The first-order valence-corrected chi connectivity index (χ1v) is 29.5. The maximum absolute atomic E-state index is 14.4. The Morgan fingerprint density at radius 2 is 0.667 bits per heavy atom. The number of hydrogen-bond acceptors (Lipinski definition) is 36. The summed E-state index contributed by atoms with van der Waals surface area (Å²) >= 11 is 0. The van der Waals surface area contributed by atoms with Gasteiger partial charge in [0.2, 0.25) is 5.95 Å². The number of nitrogens with zero attached hydrogens (tertiary/aromatic N) is 3. The third kappa shape index (κ3) is 15.1. The molecule has 0 spiro atoms. The molecule has 22 aliphatic rings. The van der Waals surface area contributed by atoms with Crippen LogP contribution in [-0.2, 0) is 56.8 Å². The van der Waals surface area contributed by atoms with Crippen molar-refractivity contribution in [2.75, 3.05) is 59.2 Å². The second kappa shape index (κ2) is 31.0. The van der Waals surface area contributed by atoms with Crippen LogP contribution in [0.25, 0.3) is 12.2 Å². The lowest BCUT2D eigenvalue weighted by molar-refractivity contribution is -0.401. The Labute approximate surface area is 527 Å². The van der Waals surface area contributed by atoms with Gasteiger partial charge in [-0.25, -0.2) is 0 Å². The van der Waals surface area contributed by atoms with E-state index in [2.05, 4.69) is 25.6 Å². The van der Waals surface area contributed by atoms with Gasteiger partial charge in [0.15, 0.2) is 37.7 Å². The molecule has 2 aromatic carbocycles. The highest BCUT2D eigenvalue weighted by molar-refractivity contribution is 5.94. The van der Waals surface area contributed by atoms with Gasteiger partial charge in [-0.15, -0.1) is 4.98 Å². The number of carbonyl (C=O) groups excluding carboxylic acids is 1. The number of aliphatic hydroxyl groups excluding tert-OH is 17. The van der Waals surface area contributed by atoms with Gasteiger partial charge < -0.3 is 164 Å². The number of amides is 1. The summed E-state index contributed by atoms with van der Waals surface area (Å²) in [5, 5.41) is 197. The van der Waals surface area contributed by atoms with E-state index in [0.29, 0.717) is 11.3 Å². The van der Waals surface area contributed by atoms with Crippen LogP contribution < -0.4 is 20.1 Å².